The Bertz CT molecular complexity index is 4920. The summed E-state index contributed by atoms with van der Waals surface area (Å²) < 4.78 is 135. The molecule has 24 heteroatoms. The average Bonchev–Trinajstić information content (AvgIpc) is 1.63. The van der Waals surface area contributed by atoms with Crippen LogP contribution in [-0.4, -0.2) is 160 Å². The number of morpholine rings is 3. The van der Waals surface area contributed by atoms with Crippen LogP contribution in [-0.2, 0) is 102 Å². The molecule has 0 aromatic heterocycles. The number of allylic oxidation sites excluding steroid dienone is 3. The Morgan fingerprint density at radius 1 is 0.412 bits per heavy atom. The Morgan fingerprint density at radius 3 is 1.16 bits per heavy atom. The van der Waals surface area contributed by atoms with Crippen LogP contribution in [0, 0.1) is 0 Å². The highest BCUT2D eigenvalue weighted by Crippen LogP contribution is 2.38. The van der Waals surface area contributed by atoms with Crippen LogP contribution >= 0.6 is 0 Å². The first-order valence-corrected chi connectivity index (χ1v) is 33.2. The van der Waals surface area contributed by atoms with Gasteiger partial charge in [-0.3, -0.25) is 43.2 Å². The second-order valence-corrected chi connectivity index (χ2v) is 25.1. The van der Waals surface area contributed by atoms with Crippen LogP contribution in [0.4, 0.5) is 0 Å². The van der Waals surface area contributed by atoms with Crippen molar-refractivity contribution in [2.75, 3.05) is 59.3 Å². The second kappa shape index (κ2) is 31.3. The number of hydrogen-bond acceptors (Lipinski definition) is 15. The molecule has 0 spiro atoms. The van der Waals surface area contributed by atoms with E-state index in [4.69, 9.17) is 44.9 Å². The van der Waals surface area contributed by atoms with E-state index in [0.717, 1.165) is 4.90 Å². The Morgan fingerprint density at radius 2 is 0.755 bits per heavy atom. The van der Waals surface area contributed by atoms with Crippen molar-refractivity contribution < 1.29 is 88.0 Å². The summed E-state index contributed by atoms with van der Waals surface area (Å²) in [4.78, 5) is 121. The highest BCUT2D eigenvalue weighted by molar-refractivity contribution is 6.04. The number of nitrogens with one attached hydrogen (secondary N) is 3. The highest BCUT2D eigenvalue weighted by Gasteiger charge is 2.43. The van der Waals surface area contributed by atoms with Crippen LogP contribution in [0.15, 0.2) is 164 Å². The lowest BCUT2D eigenvalue weighted by atomic mass is 10.0. The van der Waals surface area contributed by atoms with E-state index in [2.05, 4.69) is 35.7 Å². The van der Waals surface area contributed by atoms with E-state index >= 15 is 0 Å². The molecule has 0 aliphatic carbocycles. The number of nitrogens with zero attached hydrogens (tertiary/aromatic N) is 6. The van der Waals surface area contributed by atoms with Crippen LogP contribution in [0.1, 0.15) is 136 Å². The van der Waals surface area contributed by atoms with Gasteiger partial charge in [0.15, 0.2) is 0 Å². The molecule has 528 valence electrons. The van der Waals surface area contributed by atoms with E-state index in [0.29, 0.717) is 113 Å². The summed E-state index contributed by atoms with van der Waals surface area (Å²) in [6, 6.07) is 21.8. The molecule has 15 rings (SSSR count). The molecule has 24 nitrogen and oxygen atoms in total. The van der Waals surface area contributed by atoms with Gasteiger partial charge in [0.1, 0.15) is 74.9 Å². The minimum atomic E-state index is -2.14. The summed E-state index contributed by atoms with van der Waals surface area (Å²) in [5, 5.41) is 8.10. The molecule has 3 N–H and O–H groups in total. The lowest BCUT2D eigenvalue weighted by Gasteiger charge is -2.31. The van der Waals surface area contributed by atoms with E-state index < -0.39 is 63.3 Å². The van der Waals surface area contributed by atoms with Gasteiger partial charge in [0.2, 0.25) is 35.4 Å². The summed E-state index contributed by atoms with van der Waals surface area (Å²) in [6.07, 6.45) is 3.13. The number of carbonyl (C=O) groups is 9. The molecule has 9 amide bonds. The van der Waals surface area contributed by atoms with E-state index in [1.165, 1.54) is 67.0 Å². The maximum Gasteiger partial charge on any atom is 0.255 e. The van der Waals surface area contributed by atoms with Gasteiger partial charge in [-0.2, -0.15) is 0 Å². The van der Waals surface area contributed by atoms with E-state index in [1.807, 2.05) is 0 Å². The number of carbonyl (C=O) groups excluding carboxylic acids is 9. The molecule has 9 aliphatic heterocycles. The van der Waals surface area contributed by atoms with E-state index in [1.54, 1.807) is 54.6 Å². The number of amides is 9. The van der Waals surface area contributed by atoms with Crippen LogP contribution < -0.4 is 30.2 Å². The molecule has 6 aromatic rings. The quantitative estimate of drug-likeness (QED) is 0.0774. The number of hydrogen-bond donors (Lipinski definition) is 3. The average molecular weight is 1400 g/mol. The molecule has 8 atom stereocenters. The van der Waals surface area contributed by atoms with Crippen LogP contribution in [0.5, 0.6) is 17.2 Å². The van der Waals surface area contributed by atoms with Crippen molar-refractivity contribution in [2.24, 2.45) is 0 Å². The van der Waals surface area contributed by atoms with Crippen LogP contribution in [0.2, 0.25) is 0 Å². The number of piperidine rings is 3. The van der Waals surface area contributed by atoms with Gasteiger partial charge < -0.3 is 73.8 Å². The van der Waals surface area contributed by atoms with Gasteiger partial charge in [0.05, 0.1) is 55.9 Å². The van der Waals surface area contributed by atoms with Gasteiger partial charge in [-0.25, -0.2) is 0 Å². The van der Waals surface area contributed by atoms with Crippen molar-refractivity contribution in [2.45, 2.75) is 116 Å². The molecule has 102 heavy (non-hydrogen) atoms. The van der Waals surface area contributed by atoms with Crippen molar-refractivity contribution in [3.63, 3.8) is 0 Å². The fourth-order valence-electron chi connectivity index (χ4n) is 12.8. The minimum absolute atomic E-state index is 0.00166. The predicted octanol–water partition coefficient (Wildman–Crippen LogP) is 7.12. The monoisotopic (exact) mass is 1400 g/mol. The topological polar surface area (TPSA) is 265 Å². The predicted molar refractivity (Wildman–Crippen MR) is 371 cm³/mol. The van der Waals surface area contributed by atoms with Crippen LogP contribution in [0.3, 0.4) is 0 Å². The molecule has 9 aliphatic rings. The molecule has 6 fully saturated rings. The number of benzene rings is 6. The van der Waals surface area contributed by atoms with Gasteiger partial charge in [-0.05, 0) is 108 Å². The largest absolute Gasteiger partial charge is 0.489 e. The minimum Gasteiger partial charge on any atom is -0.489 e. The first-order chi connectivity index (χ1) is 54.4. The SMILES string of the molecule is [2H]c1cc(C([2H])([2H])N2CCOCC2=O)ccc1C([2H])Oc1cccc2c1CN(C1CCC(=C)NC1=O)C2=O.[2H]c1cc(C([2H])N2CCOCC2=O)cc([2H])c1C([2H])Oc1cccc2c1CN(C1CCC(=C)NC1=O)C2=O.[2H]c1cc(C([2H])Oc2cccc3c2CN(C2CCC(=C)NC2=O)C3=O)cc([2H])c1C([2H])N1CCOCC1=O. The van der Waals surface area contributed by atoms with Crippen molar-refractivity contribution in [3.05, 3.63) is 231 Å². The zero-order chi connectivity index (χ0) is 81.5. The molecular formula is C78H81N9O15. The first kappa shape index (κ1) is 55.8. The summed E-state index contributed by atoms with van der Waals surface area (Å²) in [5.41, 5.74) is 5.61. The summed E-state index contributed by atoms with van der Waals surface area (Å²) >= 11 is 0. The van der Waals surface area contributed by atoms with Gasteiger partial charge in [-0.1, -0.05) is 111 Å². The summed E-state index contributed by atoms with van der Waals surface area (Å²) in [5.74, 6) is -2.03. The number of fused-ring (bicyclic) bond motifs is 3. The van der Waals surface area contributed by atoms with Crippen molar-refractivity contribution in [1.82, 2.24) is 45.3 Å². The third-order valence-electron chi connectivity index (χ3n) is 18.2. The third kappa shape index (κ3) is 15.9. The van der Waals surface area contributed by atoms with Gasteiger partial charge in [0.25, 0.3) is 17.7 Å². The normalized spacial score (nSPS) is 23.8. The van der Waals surface area contributed by atoms with Crippen molar-refractivity contribution >= 4 is 53.2 Å². The van der Waals surface area contributed by atoms with Crippen molar-refractivity contribution in [1.29, 1.82) is 0 Å². The molecule has 0 radical (unpaired) electrons. The molecule has 6 aromatic carbocycles. The summed E-state index contributed by atoms with van der Waals surface area (Å²) in [6.45, 7) is 4.12. The Kier molecular flexibility index (Phi) is 17.1. The Labute approximate surface area is 607 Å². The molecule has 0 saturated carbocycles. The summed E-state index contributed by atoms with van der Waals surface area (Å²) in [7, 11) is 0. The lowest BCUT2D eigenvalue weighted by molar-refractivity contribution is -0.144. The fraction of sp³-hybridized carbons (Fsp3) is 0.346. The fourth-order valence-corrected chi connectivity index (χ4v) is 12.8. The third-order valence-corrected chi connectivity index (χ3v) is 18.2. The van der Waals surface area contributed by atoms with Gasteiger partial charge in [-0.15, -0.1) is 0 Å². The zero-order valence-electron chi connectivity index (χ0n) is 67.5. The molecular weight excluding hydrogens is 1300 g/mol. The van der Waals surface area contributed by atoms with E-state index in [-0.39, 0.29) is 183 Å². The van der Waals surface area contributed by atoms with Crippen LogP contribution in [0.25, 0.3) is 0 Å². The lowest BCUT2D eigenvalue weighted by Crippen LogP contribution is -2.49. The Balaban J connectivity index is 0.000000149. The standard InChI is InChI=1S/3C26H27N3O5/c3*1-17-5-10-22(25(31)27-17)29-14-21-20(26(29)32)3-2-4-23(21)34-15-19-8-6-18(7-9-19)13-28-11-12-33-16-24(28)30/h3*2-4,6-9,22H,1,5,10-16H2,(H,27,31)/i8D,9D,13D,15D;6D,7D,13D,15D;8D,13D2,15D. The van der Waals surface area contributed by atoms with Gasteiger partial charge in [0, 0.05) is 89.6 Å². The smallest absolute Gasteiger partial charge is 0.255 e. The van der Waals surface area contributed by atoms with E-state index in [9.17, 15) is 43.2 Å². The number of ether oxygens (including phenoxy) is 6. The maximum absolute atomic E-state index is 13.1. The number of rotatable bonds is 18. The zero-order valence-corrected chi connectivity index (χ0v) is 55.5. The molecule has 9 heterocycles. The molecule has 6 saturated heterocycles. The second-order valence-electron chi connectivity index (χ2n) is 25.1. The molecule has 8 unspecified atom stereocenters. The van der Waals surface area contributed by atoms with Crippen molar-refractivity contribution in [3.8, 4) is 17.2 Å². The Hall–Kier alpha value is -11.0. The molecule has 0 bridgehead atoms. The highest BCUT2D eigenvalue weighted by atomic mass is 16.5. The maximum atomic E-state index is 13.1. The first-order valence-electron chi connectivity index (χ1n) is 39.6. The van der Waals surface area contributed by atoms with Gasteiger partial charge >= 0.3 is 0 Å².